The molecule has 1 fully saturated rings. The van der Waals surface area contributed by atoms with Crippen molar-refractivity contribution < 1.29 is 9.53 Å². The average Bonchev–Trinajstić information content (AvgIpc) is 2.01. The van der Waals surface area contributed by atoms with Crippen LogP contribution in [-0.4, -0.2) is 24.9 Å². The Labute approximate surface area is 70.3 Å². The van der Waals surface area contributed by atoms with Crippen molar-refractivity contribution >= 4 is 11.7 Å². The van der Waals surface area contributed by atoms with Crippen molar-refractivity contribution in [3.63, 3.8) is 0 Å². The Morgan fingerprint density at radius 2 is 2.42 bits per heavy atom. The maximum absolute atomic E-state index is 10.9. The third-order valence-corrected chi connectivity index (χ3v) is 1.44. The smallest absolute Gasteiger partial charge is 0.266 e. The van der Waals surface area contributed by atoms with E-state index in [1.165, 1.54) is 6.20 Å². The minimum Gasteiger partial charge on any atom is -0.475 e. The second-order valence-corrected chi connectivity index (χ2v) is 2.42. The fourth-order valence-electron chi connectivity index (χ4n) is 0.827. The third-order valence-electron chi connectivity index (χ3n) is 1.44. The molecule has 0 aromatic heterocycles. The molecule has 1 rings (SSSR count). The molecular formula is C7H11N3O2. The van der Waals surface area contributed by atoms with Crippen molar-refractivity contribution in [2.75, 3.05) is 7.05 Å². The van der Waals surface area contributed by atoms with E-state index in [0.717, 1.165) is 0 Å². The third kappa shape index (κ3) is 1.55. The highest BCUT2D eigenvalue weighted by molar-refractivity contribution is 6.08. The molecule has 66 valence electrons. The van der Waals surface area contributed by atoms with Gasteiger partial charge in [0.05, 0.1) is 0 Å². The lowest BCUT2D eigenvalue weighted by molar-refractivity contribution is -0.129. The highest BCUT2D eigenvalue weighted by Gasteiger charge is 2.25. The molecule has 0 radical (unpaired) electrons. The number of carbonyl (C=O) groups excluding carboxylic acids is 1. The van der Waals surface area contributed by atoms with Gasteiger partial charge in [0.15, 0.2) is 17.7 Å². The van der Waals surface area contributed by atoms with Crippen molar-refractivity contribution in [1.29, 1.82) is 5.41 Å². The Morgan fingerprint density at radius 3 is 3.00 bits per heavy atom. The molecule has 1 amide bonds. The first-order chi connectivity index (χ1) is 5.65. The van der Waals surface area contributed by atoms with Crippen LogP contribution >= 0.6 is 0 Å². The van der Waals surface area contributed by atoms with Gasteiger partial charge in [0.25, 0.3) is 5.91 Å². The van der Waals surface area contributed by atoms with Gasteiger partial charge in [-0.2, -0.15) is 0 Å². The number of carbonyl (C=O) groups is 1. The van der Waals surface area contributed by atoms with Crippen molar-refractivity contribution in [2.45, 2.75) is 13.0 Å². The number of amides is 1. The van der Waals surface area contributed by atoms with Crippen molar-refractivity contribution in [1.82, 2.24) is 10.6 Å². The summed E-state index contributed by atoms with van der Waals surface area (Å²) in [6.07, 6.45) is 0.997. The molecule has 0 spiro atoms. The number of hydrogen-bond acceptors (Lipinski definition) is 4. The summed E-state index contributed by atoms with van der Waals surface area (Å²) in [4.78, 5) is 10.9. The van der Waals surface area contributed by atoms with Gasteiger partial charge in [-0.3, -0.25) is 10.2 Å². The Kier molecular flexibility index (Phi) is 2.32. The van der Waals surface area contributed by atoms with E-state index < -0.39 is 6.10 Å². The number of rotatable bonds is 1. The minimum absolute atomic E-state index is 0.00699. The average molecular weight is 169 g/mol. The first kappa shape index (κ1) is 8.58. The Balaban J connectivity index is 2.74. The summed E-state index contributed by atoms with van der Waals surface area (Å²) in [5.41, 5.74) is 0. The van der Waals surface area contributed by atoms with Crippen LogP contribution < -0.4 is 10.6 Å². The highest BCUT2D eigenvalue weighted by atomic mass is 16.5. The molecule has 1 unspecified atom stereocenters. The summed E-state index contributed by atoms with van der Waals surface area (Å²) >= 11 is 0. The molecule has 12 heavy (non-hydrogen) atoms. The van der Waals surface area contributed by atoms with E-state index in [-0.39, 0.29) is 11.7 Å². The zero-order chi connectivity index (χ0) is 9.14. The highest BCUT2D eigenvalue weighted by Crippen LogP contribution is 2.07. The van der Waals surface area contributed by atoms with Crippen LogP contribution in [0.2, 0.25) is 0 Å². The van der Waals surface area contributed by atoms with Crippen LogP contribution in [0.1, 0.15) is 6.92 Å². The van der Waals surface area contributed by atoms with E-state index in [4.69, 9.17) is 10.1 Å². The van der Waals surface area contributed by atoms with Crippen LogP contribution in [0, 0.1) is 5.41 Å². The maximum Gasteiger partial charge on any atom is 0.266 e. The summed E-state index contributed by atoms with van der Waals surface area (Å²) < 4.78 is 5.11. The summed E-state index contributed by atoms with van der Waals surface area (Å²) in [5, 5.41) is 12.4. The van der Waals surface area contributed by atoms with Gasteiger partial charge in [-0.25, -0.2) is 0 Å². The predicted octanol–water partition coefficient (Wildman–Crippen LogP) is -0.441. The zero-order valence-electron chi connectivity index (χ0n) is 6.97. The normalized spacial score (nSPS) is 26.5. The van der Waals surface area contributed by atoms with Gasteiger partial charge in [0, 0.05) is 13.2 Å². The molecule has 0 aliphatic carbocycles. The van der Waals surface area contributed by atoms with Crippen LogP contribution in [0.15, 0.2) is 12.0 Å². The second kappa shape index (κ2) is 3.25. The number of hydrogen-bond donors (Lipinski definition) is 3. The lowest BCUT2D eigenvalue weighted by atomic mass is 10.3. The number of nitrogens with one attached hydrogen (secondary N) is 3. The van der Waals surface area contributed by atoms with Gasteiger partial charge in [0.1, 0.15) is 0 Å². The largest absolute Gasteiger partial charge is 0.475 e. The molecule has 5 heteroatoms. The lowest BCUT2D eigenvalue weighted by Crippen LogP contribution is -2.45. The molecular weight excluding hydrogens is 158 g/mol. The molecule has 0 saturated carbocycles. The topological polar surface area (TPSA) is 74.2 Å². The van der Waals surface area contributed by atoms with Crippen molar-refractivity contribution in [3.05, 3.63) is 12.0 Å². The van der Waals surface area contributed by atoms with E-state index in [1.807, 2.05) is 0 Å². The van der Waals surface area contributed by atoms with Crippen LogP contribution in [-0.2, 0) is 9.53 Å². The molecule has 0 aromatic rings. The first-order valence-corrected chi connectivity index (χ1v) is 3.59. The fourth-order valence-corrected chi connectivity index (χ4v) is 0.827. The van der Waals surface area contributed by atoms with E-state index in [2.05, 4.69) is 10.6 Å². The maximum atomic E-state index is 10.9. The summed E-state index contributed by atoms with van der Waals surface area (Å²) in [7, 11) is 1.70. The SMILES string of the molecule is CN/C=C1/OC(C)C(=O)NC1=N. The van der Waals surface area contributed by atoms with Crippen LogP contribution in [0.5, 0.6) is 0 Å². The first-order valence-electron chi connectivity index (χ1n) is 3.59. The van der Waals surface area contributed by atoms with Gasteiger partial charge in [-0.15, -0.1) is 0 Å². The molecule has 5 nitrogen and oxygen atoms in total. The molecule has 1 atom stereocenters. The van der Waals surface area contributed by atoms with Gasteiger partial charge < -0.3 is 15.4 Å². The number of ether oxygens (including phenoxy) is 1. The molecule has 0 aromatic carbocycles. The van der Waals surface area contributed by atoms with Crippen LogP contribution in [0.3, 0.4) is 0 Å². The zero-order valence-corrected chi connectivity index (χ0v) is 6.97. The second-order valence-electron chi connectivity index (χ2n) is 2.42. The molecule has 0 bridgehead atoms. The van der Waals surface area contributed by atoms with Gasteiger partial charge in [-0.05, 0) is 6.92 Å². The van der Waals surface area contributed by atoms with E-state index in [9.17, 15) is 4.79 Å². The summed E-state index contributed by atoms with van der Waals surface area (Å²) in [6.45, 7) is 1.63. The van der Waals surface area contributed by atoms with Crippen molar-refractivity contribution in [3.8, 4) is 0 Å². The fraction of sp³-hybridized carbons (Fsp3) is 0.429. The van der Waals surface area contributed by atoms with Crippen LogP contribution in [0.4, 0.5) is 0 Å². The van der Waals surface area contributed by atoms with Crippen molar-refractivity contribution in [2.24, 2.45) is 0 Å². The van der Waals surface area contributed by atoms with Gasteiger partial charge in [-0.1, -0.05) is 0 Å². The Morgan fingerprint density at radius 1 is 1.75 bits per heavy atom. The molecule has 1 aliphatic heterocycles. The quantitative estimate of drug-likeness (QED) is 0.498. The predicted molar refractivity (Wildman–Crippen MR) is 43.6 cm³/mol. The van der Waals surface area contributed by atoms with E-state index in [0.29, 0.717) is 5.76 Å². The molecule has 1 heterocycles. The van der Waals surface area contributed by atoms with Crippen LogP contribution in [0.25, 0.3) is 0 Å². The van der Waals surface area contributed by atoms with Gasteiger partial charge >= 0.3 is 0 Å². The lowest BCUT2D eigenvalue weighted by Gasteiger charge is -2.23. The standard InChI is InChI=1S/C7H11N3O2/c1-4-7(11)10-6(8)5(12-4)3-9-2/h3-4,9H,1-2H3,(H2,8,10,11)/b5-3+. The van der Waals surface area contributed by atoms with E-state index in [1.54, 1.807) is 14.0 Å². The molecule has 3 N–H and O–H groups in total. The summed E-state index contributed by atoms with van der Waals surface area (Å²) in [6, 6.07) is 0. The molecule has 1 saturated heterocycles. The Hall–Kier alpha value is -1.52. The monoisotopic (exact) mass is 169 g/mol. The van der Waals surface area contributed by atoms with E-state index >= 15 is 0 Å². The minimum atomic E-state index is -0.529. The number of amidine groups is 1. The molecule has 1 aliphatic rings. The Bertz CT molecular complexity index is 247. The number of morpholine rings is 1. The summed E-state index contributed by atoms with van der Waals surface area (Å²) in [5.74, 6) is 0.0605. The van der Waals surface area contributed by atoms with Gasteiger partial charge in [0.2, 0.25) is 0 Å².